The Bertz CT molecular complexity index is 502. The fourth-order valence-corrected chi connectivity index (χ4v) is 2.75. The Hall–Kier alpha value is -1.11. The second-order valence-electron chi connectivity index (χ2n) is 5.09. The maximum absolute atomic E-state index is 12.0. The molecule has 0 radical (unpaired) electrons. The second-order valence-corrected chi connectivity index (χ2v) is 6.25. The van der Waals surface area contributed by atoms with E-state index in [9.17, 15) is 9.59 Å². The molecule has 0 bridgehead atoms. The zero-order chi connectivity index (χ0) is 14.0. The third kappa shape index (κ3) is 3.26. The molecule has 4 nitrogen and oxygen atoms in total. The number of hydrogen-bond acceptors (Lipinski definition) is 2. The van der Waals surface area contributed by atoms with Gasteiger partial charge in [-0.3, -0.25) is 9.59 Å². The molecule has 1 aliphatic heterocycles. The molecule has 2 rings (SSSR count). The van der Waals surface area contributed by atoms with Gasteiger partial charge in [0.15, 0.2) is 0 Å². The lowest BCUT2D eigenvalue weighted by Gasteiger charge is -2.31. The fraction of sp³-hybridized carbons (Fsp3) is 0.429. The molecular formula is C14H17IN2O2. The van der Waals surface area contributed by atoms with Crippen molar-refractivity contribution >= 4 is 34.4 Å². The fourth-order valence-electron chi connectivity index (χ4n) is 2.14. The van der Waals surface area contributed by atoms with Crippen LogP contribution in [0.5, 0.6) is 0 Å². The van der Waals surface area contributed by atoms with E-state index >= 15 is 0 Å². The average Bonchev–Trinajstić information content (AvgIpc) is 2.35. The number of amides is 2. The van der Waals surface area contributed by atoms with Gasteiger partial charge in [-0.1, -0.05) is 32.0 Å². The van der Waals surface area contributed by atoms with Gasteiger partial charge in [-0.25, -0.2) is 0 Å². The number of carbonyl (C=O) groups is 2. The standard InChI is InChI=1S/C14H17IN2O2/c1-8(2)12-14(19)16-11(13(18)17-12)7-9-5-3-4-6-10(9)15/h3-6,8,11-12H,7H2,1-2H3,(H,16,19)(H,17,18)/t11-,12+/m0/s1. The molecule has 1 saturated heterocycles. The molecule has 1 aromatic rings. The predicted octanol–water partition coefficient (Wildman–Crippen LogP) is 1.47. The van der Waals surface area contributed by atoms with Gasteiger partial charge in [0.05, 0.1) is 0 Å². The van der Waals surface area contributed by atoms with Crippen LogP contribution in [0.4, 0.5) is 0 Å². The first-order valence-corrected chi connectivity index (χ1v) is 7.41. The molecule has 1 aromatic carbocycles. The third-order valence-electron chi connectivity index (χ3n) is 3.26. The van der Waals surface area contributed by atoms with Gasteiger partial charge in [0.1, 0.15) is 12.1 Å². The maximum atomic E-state index is 12.0. The molecule has 2 atom stereocenters. The molecule has 1 aliphatic rings. The first-order valence-electron chi connectivity index (χ1n) is 6.33. The highest BCUT2D eigenvalue weighted by Crippen LogP contribution is 2.15. The predicted molar refractivity (Wildman–Crippen MR) is 81.6 cm³/mol. The highest BCUT2D eigenvalue weighted by molar-refractivity contribution is 14.1. The van der Waals surface area contributed by atoms with Crippen LogP contribution in [-0.4, -0.2) is 23.9 Å². The molecule has 1 heterocycles. The van der Waals surface area contributed by atoms with Crippen molar-refractivity contribution in [3.63, 3.8) is 0 Å². The molecule has 0 aromatic heterocycles. The molecule has 0 unspecified atom stereocenters. The summed E-state index contributed by atoms with van der Waals surface area (Å²) >= 11 is 2.24. The Morgan fingerprint density at radius 2 is 1.84 bits per heavy atom. The minimum absolute atomic E-state index is 0.0921. The Morgan fingerprint density at radius 3 is 2.47 bits per heavy atom. The minimum Gasteiger partial charge on any atom is -0.342 e. The van der Waals surface area contributed by atoms with E-state index in [2.05, 4.69) is 33.2 Å². The van der Waals surface area contributed by atoms with E-state index in [-0.39, 0.29) is 17.7 Å². The lowest BCUT2D eigenvalue weighted by atomic mass is 9.97. The number of nitrogens with one attached hydrogen (secondary N) is 2. The first-order chi connectivity index (χ1) is 8.99. The SMILES string of the molecule is CC(C)[C@H]1NC(=O)[C@H](Cc2ccccc2I)NC1=O. The first kappa shape index (κ1) is 14.3. The van der Waals surface area contributed by atoms with Crippen LogP contribution in [0, 0.1) is 9.49 Å². The molecule has 5 heteroatoms. The van der Waals surface area contributed by atoms with Gasteiger partial charge < -0.3 is 10.6 Å². The molecule has 2 amide bonds. The monoisotopic (exact) mass is 372 g/mol. The molecular weight excluding hydrogens is 355 g/mol. The molecule has 1 fully saturated rings. The van der Waals surface area contributed by atoms with Gasteiger partial charge in [0, 0.05) is 9.99 Å². The van der Waals surface area contributed by atoms with E-state index in [1.807, 2.05) is 38.1 Å². The van der Waals surface area contributed by atoms with Gasteiger partial charge in [-0.05, 0) is 40.1 Å². The zero-order valence-corrected chi connectivity index (χ0v) is 13.1. The van der Waals surface area contributed by atoms with Crippen LogP contribution < -0.4 is 10.6 Å². The number of piperazine rings is 1. The van der Waals surface area contributed by atoms with Crippen LogP contribution in [-0.2, 0) is 16.0 Å². The Kier molecular flexibility index (Phi) is 4.44. The van der Waals surface area contributed by atoms with Gasteiger partial charge in [-0.2, -0.15) is 0 Å². The number of rotatable bonds is 3. The molecule has 2 N–H and O–H groups in total. The van der Waals surface area contributed by atoms with Crippen molar-refractivity contribution in [2.75, 3.05) is 0 Å². The highest BCUT2D eigenvalue weighted by atomic mass is 127. The van der Waals surface area contributed by atoms with E-state index < -0.39 is 12.1 Å². The molecule has 19 heavy (non-hydrogen) atoms. The molecule has 102 valence electrons. The summed E-state index contributed by atoms with van der Waals surface area (Å²) in [4.78, 5) is 24.0. The average molecular weight is 372 g/mol. The molecule has 0 saturated carbocycles. The quantitative estimate of drug-likeness (QED) is 0.790. The smallest absolute Gasteiger partial charge is 0.243 e. The maximum Gasteiger partial charge on any atom is 0.243 e. The number of halogens is 1. The highest BCUT2D eigenvalue weighted by Gasteiger charge is 2.35. The molecule has 0 aliphatic carbocycles. The van der Waals surface area contributed by atoms with E-state index in [0.29, 0.717) is 6.42 Å². The van der Waals surface area contributed by atoms with Crippen LogP contribution in [0.3, 0.4) is 0 Å². The lowest BCUT2D eigenvalue weighted by Crippen LogP contribution is -2.63. The van der Waals surface area contributed by atoms with E-state index in [4.69, 9.17) is 0 Å². The van der Waals surface area contributed by atoms with Crippen LogP contribution in [0.15, 0.2) is 24.3 Å². The summed E-state index contributed by atoms with van der Waals surface area (Å²) in [5.41, 5.74) is 1.08. The van der Waals surface area contributed by atoms with Crippen LogP contribution in [0.2, 0.25) is 0 Å². The van der Waals surface area contributed by atoms with Crippen molar-refractivity contribution in [3.8, 4) is 0 Å². The van der Waals surface area contributed by atoms with Crippen molar-refractivity contribution in [1.29, 1.82) is 0 Å². The summed E-state index contributed by atoms with van der Waals surface area (Å²) in [6, 6.07) is 6.99. The third-order valence-corrected chi connectivity index (χ3v) is 4.31. The summed E-state index contributed by atoms with van der Waals surface area (Å²) in [5.74, 6) is -0.0924. The summed E-state index contributed by atoms with van der Waals surface area (Å²) in [6.45, 7) is 3.84. The molecule has 0 spiro atoms. The van der Waals surface area contributed by atoms with Gasteiger partial charge >= 0.3 is 0 Å². The topological polar surface area (TPSA) is 58.2 Å². The summed E-state index contributed by atoms with van der Waals surface area (Å²) in [6.07, 6.45) is 0.529. The van der Waals surface area contributed by atoms with Crippen LogP contribution >= 0.6 is 22.6 Å². The van der Waals surface area contributed by atoms with Crippen LogP contribution in [0.1, 0.15) is 19.4 Å². The normalized spacial score (nSPS) is 23.2. The van der Waals surface area contributed by atoms with Gasteiger partial charge in [0.2, 0.25) is 11.8 Å². The van der Waals surface area contributed by atoms with Crippen LogP contribution in [0.25, 0.3) is 0 Å². The lowest BCUT2D eigenvalue weighted by molar-refractivity contribution is -0.137. The van der Waals surface area contributed by atoms with Crippen molar-refractivity contribution in [2.24, 2.45) is 5.92 Å². The number of hydrogen-bond donors (Lipinski definition) is 2. The van der Waals surface area contributed by atoms with Crippen molar-refractivity contribution in [2.45, 2.75) is 32.4 Å². The number of benzene rings is 1. The van der Waals surface area contributed by atoms with E-state index in [0.717, 1.165) is 9.13 Å². The van der Waals surface area contributed by atoms with Gasteiger partial charge in [-0.15, -0.1) is 0 Å². The number of carbonyl (C=O) groups excluding carboxylic acids is 2. The Morgan fingerprint density at radius 1 is 1.16 bits per heavy atom. The Labute approximate surface area is 126 Å². The summed E-state index contributed by atoms with van der Waals surface area (Å²) < 4.78 is 1.10. The largest absolute Gasteiger partial charge is 0.342 e. The van der Waals surface area contributed by atoms with Crippen molar-refractivity contribution < 1.29 is 9.59 Å². The summed E-state index contributed by atoms with van der Waals surface area (Å²) in [5, 5.41) is 5.62. The summed E-state index contributed by atoms with van der Waals surface area (Å²) in [7, 11) is 0. The van der Waals surface area contributed by atoms with Crippen molar-refractivity contribution in [1.82, 2.24) is 10.6 Å². The Balaban J connectivity index is 2.09. The second kappa shape index (κ2) is 5.90. The van der Waals surface area contributed by atoms with Crippen molar-refractivity contribution in [3.05, 3.63) is 33.4 Å². The van der Waals surface area contributed by atoms with E-state index in [1.54, 1.807) is 0 Å². The zero-order valence-electron chi connectivity index (χ0n) is 10.9. The van der Waals surface area contributed by atoms with Gasteiger partial charge in [0.25, 0.3) is 0 Å². The van der Waals surface area contributed by atoms with E-state index in [1.165, 1.54) is 0 Å². The minimum atomic E-state index is -0.474.